The highest BCUT2D eigenvalue weighted by atomic mass is 79.9. The second-order valence-corrected chi connectivity index (χ2v) is 7.11. The van der Waals surface area contributed by atoms with Gasteiger partial charge in [-0.2, -0.15) is 0 Å². The van der Waals surface area contributed by atoms with Crippen LogP contribution >= 0.6 is 27.5 Å². The third kappa shape index (κ3) is 12.0. The molecule has 0 bridgehead atoms. The van der Waals surface area contributed by atoms with E-state index in [-0.39, 0.29) is 24.8 Å². The molecule has 0 N–H and O–H groups in total. The average molecular weight is 434 g/mol. The van der Waals surface area contributed by atoms with Gasteiger partial charge in [-0.15, -0.1) is 11.6 Å². The van der Waals surface area contributed by atoms with Gasteiger partial charge >= 0.3 is 11.9 Å². The molecular weight excluding hydrogens is 408 g/mol. The summed E-state index contributed by atoms with van der Waals surface area (Å²) in [6.45, 7) is 0.456. The van der Waals surface area contributed by atoms with E-state index in [1.807, 2.05) is 0 Å². The molecule has 6 heteroatoms. The van der Waals surface area contributed by atoms with Crippen LogP contribution in [0.5, 0.6) is 5.75 Å². The molecule has 0 saturated heterocycles. The first-order chi connectivity index (χ1) is 12.1. The highest BCUT2D eigenvalue weighted by Crippen LogP contribution is 2.17. The highest BCUT2D eigenvalue weighted by molar-refractivity contribution is 9.10. The Labute approximate surface area is 163 Å². The molecule has 1 aromatic carbocycles. The summed E-state index contributed by atoms with van der Waals surface area (Å²) in [5.74, 6) is 0.640. The Bertz CT molecular complexity index is 505. The van der Waals surface area contributed by atoms with Gasteiger partial charge in [-0.3, -0.25) is 9.59 Å². The Morgan fingerprint density at radius 3 is 2.12 bits per heavy atom. The number of benzene rings is 1. The number of carbonyl (C=O) groups excluding carboxylic acids is 2. The number of alkyl halides is 1. The minimum absolute atomic E-state index is 0.200. The van der Waals surface area contributed by atoms with Crippen LogP contribution in [0.15, 0.2) is 28.7 Å². The van der Waals surface area contributed by atoms with Gasteiger partial charge in [-0.05, 0) is 43.5 Å². The van der Waals surface area contributed by atoms with Crippen LogP contribution in [0.4, 0.5) is 0 Å². The summed E-state index contributed by atoms with van der Waals surface area (Å²) in [6, 6.07) is 7.04. The van der Waals surface area contributed by atoms with Crippen molar-refractivity contribution in [3.05, 3.63) is 28.7 Å². The molecule has 0 spiro atoms. The molecule has 1 aromatic rings. The van der Waals surface area contributed by atoms with E-state index >= 15 is 0 Å². The van der Waals surface area contributed by atoms with E-state index in [0.29, 0.717) is 18.8 Å². The predicted octanol–water partition coefficient (Wildman–Crippen LogP) is 5.65. The van der Waals surface area contributed by atoms with E-state index in [9.17, 15) is 9.59 Å². The van der Waals surface area contributed by atoms with E-state index in [1.54, 1.807) is 24.3 Å². The number of esters is 2. The van der Waals surface area contributed by atoms with E-state index in [0.717, 1.165) is 36.0 Å². The third-order valence-corrected chi connectivity index (χ3v) is 4.39. The van der Waals surface area contributed by atoms with Crippen molar-refractivity contribution in [2.75, 3.05) is 12.5 Å². The minimum Gasteiger partial charge on any atom is -0.466 e. The van der Waals surface area contributed by atoms with Crippen LogP contribution in [0.3, 0.4) is 0 Å². The fraction of sp³-hybridized carbons (Fsp3) is 0.579. The smallest absolute Gasteiger partial charge is 0.311 e. The topological polar surface area (TPSA) is 52.6 Å². The lowest BCUT2D eigenvalue weighted by atomic mass is 10.1. The predicted molar refractivity (Wildman–Crippen MR) is 103 cm³/mol. The zero-order valence-corrected chi connectivity index (χ0v) is 16.8. The number of unbranched alkanes of at least 4 members (excludes halogenated alkanes) is 5. The highest BCUT2D eigenvalue weighted by Gasteiger charge is 2.08. The maximum absolute atomic E-state index is 11.7. The van der Waals surface area contributed by atoms with Crippen LogP contribution in [0, 0.1) is 0 Å². The summed E-state index contributed by atoms with van der Waals surface area (Å²) in [6.07, 6.45) is 7.40. The molecule has 0 amide bonds. The number of hydrogen-bond donors (Lipinski definition) is 0. The Balaban J connectivity index is 1.99. The van der Waals surface area contributed by atoms with E-state index in [2.05, 4.69) is 15.9 Å². The van der Waals surface area contributed by atoms with Crippen molar-refractivity contribution in [1.82, 2.24) is 0 Å². The summed E-state index contributed by atoms with van der Waals surface area (Å²) >= 11 is 8.94. The summed E-state index contributed by atoms with van der Waals surface area (Å²) in [4.78, 5) is 23.3. The molecule has 0 aliphatic rings. The van der Waals surface area contributed by atoms with Crippen LogP contribution in [0.25, 0.3) is 0 Å². The van der Waals surface area contributed by atoms with Crippen LogP contribution in [0.1, 0.15) is 57.8 Å². The van der Waals surface area contributed by atoms with Crippen molar-refractivity contribution >= 4 is 39.5 Å². The molecule has 4 nitrogen and oxygen atoms in total. The molecular formula is C19H26BrClO4. The maximum Gasteiger partial charge on any atom is 0.311 e. The average Bonchev–Trinajstić information content (AvgIpc) is 2.59. The first-order valence-corrected chi connectivity index (χ1v) is 10.1. The van der Waals surface area contributed by atoms with Gasteiger partial charge in [0.05, 0.1) is 6.61 Å². The van der Waals surface area contributed by atoms with Gasteiger partial charge in [0.25, 0.3) is 0 Å². The molecule has 0 heterocycles. The van der Waals surface area contributed by atoms with Crippen molar-refractivity contribution in [1.29, 1.82) is 0 Å². The number of halogens is 2. The van der Waals surface area contributed by atoms with Crippen LogP contribution in [-0.4, -0.2) is 24.4 Å². The number of carbonyl (C=O) groups is 2. The first kappa shape index (κ1) is 22.0. The van der Waals surface area contributed by atoms with Gasteiger partial charge in [0.2, 0.25) is 0 Å². The van der Waals surface area contributed by atoms with Crippen molar-refractivity contribution in [2.24, 2.45) is 0 Å². The Morgan fingerprint density at radius 1 is 0.840 bits per heavy atom. The lowest BCUT2D eigenvalue weighted by molar-refractivity contribution is -0.144. The summed E-state index contributed by atoms with van der Waals surface area (Å²) < 4.78 is 11.3. The summed E-state index contributed by atoms with van der Waals surface area (Å²) in [7, 11) is 0. The van der Waals surface area contributed by atoms with E-state index in [1.165, 1.54) is 12.8 Å². The lowest BCUT2D eigenvalue weighted by Crippen LogP contribution is -2.10. The molecule has 0 saturated carbocycles. The van der Waals surface area contributed by atoms with Crippen molar-refractivity contribution in [3.8, 4) is 5.75 Å². The molecule has 0 radical (unpaired) electrons. The number of hydrogen-bond acceptors (Lipinski definition) is 4. The van der Waals surface area contributed by atoms with Gasteiger partial charge in [0.1, 0.15) is 5.75 Å². The minimum atomic E-state index is -0.341. The largest absolute Gasteiger partial charge is 0.466 e. The molecule has 25 heavy (non-hydrogen) atoms. The SMILES string of the molecule is O=C(CCCC(=O)Oc1ccc(Br)cc1)OCCCCCCCCCl. The van der Waals surface area contributed by atoms with Gasteiger partial charge in [-0.1, -0.05) is 41.6 Å². The van der Waals surface area contributed by atoms with E-state index < -0.39 is 0 Å². The normalized spacial score (nSPS) is 10.5. The van der Waals surface area contributed by atoms with Crippen LogP contribution in [0.2, 0.25) is 0 Å². The Morgan fingerprint density at radius 2 is 1.44 bits per heavy atom. The Kier molecular flexibility index (Phi) is 12.4. The second kappa shape index (κ2) is 14.1. The molecule has 0 atom stereocenters. The fourth-order valence-corrected chi connectivity index (χ4v) is 2.68. The van der Waals surface area contributed by atoms with Gasteiger partial charge in [0, 0.05) is 23.2 Å². The van der Waals surface area contributed by atoms with Crippen molar-refractivity contribution < 1.29 is 19.1 Å². The molecule has 1 rings (SSSR count). The second-order valence-electron chi connectivity index (χ2n) is 5.81. The van der Waals surface area contributed by atoms with E-state index in [4.69, 9.17) is 21.1 Å². The van der Waals surface area contributed by atoms with Crippen molar-refractivity contribution in [3.63, 3.8) is 0 Å². The Hall–Kier alpha value is -1.07. The maximum atomic E-state index is 11.7. The number of rotatable bonds is 13. The summed E-state index contributed by atoms with van der Waals surface area (Å²) in [5, 5.41) is 0. The zero-order chi connectivity index (χ0) is 18.3. The van der Waals surface area contributed by atoms with Crippen LogP contribution < -0.4 is 4.74 Å². The first-order valence-electron chi connectivity index (χ1n) is 8.79. The molecule has 0 fully saturated rings. The monoisotopic (exact) mass is 432 g/mol. The standard InChI is InChI=1S/C19H26BrClO4/c20-16-10-12-17(13-11-16)25-19(23)9-7-8-18(22)24-15-6-4-2-1-3-5-14-21/h10-13H,1-9,14-15H2. The molecule has 0 aromatic heterocycles. The lowest BCUT2D eigenvalue weighted by Gasteiger charge is -2.06. The van der Waals surface area contributed by atoms with Gasteiger partial charge in [-0.25, -0.2) is 0 Å². The zero-order valence-electron chi connectivity index (χ0n) is 14.5. The van der Waals surface area contributed by atoms with Gasteiger partial charge in [0.15, 0.2) is 0 Å². The third-order valence-electron chi connectivity index (χ3n) is 3.60. The quantitative estimate of drug-likeness (QED) is 0.175. The summed E-state index contributed by atoms with van der Waals surface area (Å²) in [5.41, 5.74) is 0. The number of ether oxygens (including phenoxy) is 2. The van der Waals surface area contributed by atoms with Crippen LogP contribution in [-0.2, 0) is 14.3 Å². The fourth-order valence-electron chi connectivity index (χ4n) is 2.22. The molecule has 0 aliphatic carbocycles. The van der Waals surface area contributed by atoms with Crippen molar-refractivity contribution in [2.45, 2.75) is 57.8 Å². The molecule has 140 valence electrons. The molecule has 0 unspecified atom stereocenters. The molecule has 0 aliphatic heterocycles. The van der Waals surface area contributed by atoms with Gasteiger partial charge < -0.3 is 9.47 Å².